The molecule has 0 unspecified atom stereocenters. The largest absolute Gasteiger partial charge is 0.433 e. The zero-order valence-electron chi connectivity index (χ0n) is 16.6. The lowest BCUT2D eigenvalue weighted by Gasteiger charge is -2.06. The molecule has 31 heavy (non-hydrogen) atoms. The summed E-state index contributed by atoms with van der Waals surface area (Å²) in [5.74, 6) is 0.580. The molecule has 0 N–H and O–H groups in total. The van der Waals surface area contributed by atoms with Gasteiger partial charge >= 0.3 is 6.18 Å². The normalized spacial score (nSPS) is 12.6. The minimum absolute atomic E-state index is 0.282. The van der Waals surface area contributed by atoms with Crippen LogP contribution in [-0.4, -0.2) is 34.3 Å². The van der Waals surface area contributed by atoms with Gasteiger partial charge in [0, 0.05) is 18.4 Å². The zero-order valence-corrected chi connectivity index (χ0v) is 18.2. The van der Waals surface area contributed by atoms with Gasteiger partial charge in [0.25, 0.3) is 0 Å². The van der Waals surface area contributed by atoms with E-state index in [2.05, 4.69) is 25.1 Å². The van der Waals surface area contributed by atoms with Gasteiger partial charge in [0.05, 0.1) is 21.9 Å². The molecule has 5 rings (SSSR count). The van der Waals surface area contributed by atoms with Crippen LogP contribution in [-0.2, 0) is 19.1 Å². The highest BCUT2D eigenvalue weighted by atomic mass is 35.5. The SMILES string of the molecule is Cc1nn(CCc2nc3c4sc5nc(C(F)(F)F)cc(C)c5c4ncn3n2)c(C)c1Cl. The molecule has 0 saturated heterocycles. The van der Waals surface area contributed by atoms with Gasteiger partial charge in [-0.05, 0) is 32.4 Å². The van der Waals surface area contributed by atoms with Crippen LogP contribution in [0.25, 0.3) is 26.1 Å². The molecular weight excluding hydrogens is 451 g/mol. The van der Waals surface area contributed by atoms with E-state index in [1.807, 2.05) is 18.5 Å². The fourth-order valence-corrected chi connectivity index (χ4v) is 4.92. The van der Waals surface area contributed by atoms with Gasteiger partial charge in [0.1, 0.15) is 21.6 Å². The molecule has 160 valence electrons. The van der Waals surface area contributed by atoms with Crippen molar-refractivity contribution < 1.29 is 13.2 Å². The molecule has 0 bridgehead atoms. The fourth-order valence-electron chi connectivity index (χ4n) is 3.60. The summed E-state index contributed by atoms with van der Waals surface area (Å²) in [6.45, 7) is 5.93. The average Bonchev–Trinajstić information content (AvgIpc) is 3.35. The van der Waals surface area contributed by atoms with Gasteiger partial charge in [0.15, 0.2) is 11.5 Å². The lowest BCUT2D eigenvalue weighted by molar-refractivity contribution is -0.141. The quantitative estimate of drug-likeness (QED) is 0.378. The first-order valence-corrected chi connectivity index (χ1v) is 10.5. The second-order valence-electron chi connectivity index (χ2n) is 7.28. The van der Waals surface area contributed by atoms with Crippen molar-refractivity contribution in [1.82, 2.24) is 34.3 Å². The lowest BCUT2D eigenvalue weighted by atomic mass is 10.1. The third kappa shape index (κ3) is 3.23. The van der Waals surface area contributed by atoms with Gasteiger partial charge in [-0.1, -0.05) is 11.6 Å². The number of thiophene rings is 1. The summed E-state index contributed by atoms with van der Waals surface area (Å²) in [5, 5.41) is 10.1. The highest BCUT2D eigenvalue weighted by Gasteiger charge is 2.33. The van der Waals surface area contributed by atoms with Gasteiger partial charge < -0.3 is 0 Å². The molecule has 0 amide bonds. The maximum atomic E-state index is 13.2. The molecule has 0 aliphatic rings. The van der Waals surface area contributed by atoms with Crippen LogP contribution in [0.4, 0.5) is 13.2 Å². The molecule has 0 spiro atoms. The Balaban J connectivity index is 1.58. The van der Waals surface area contributed by atoms with Gasteiger partial charge in [-0.15, -0.1) is 16.4 Å². The maximum absolute atomic E-state index is 13.2. The molecular formula is C19H15ClF3N7S. The monoisotopic (exact) mass is 465 g/mol. The van der Waals surface area contributed by atoms with E-state index in [0.717, 1.165) is 28.8 Å². The van der Waals surface area contributed by atoms with E-state index in [-0.39, 0.29) is 4.83 Å². The van der Waals surface area contributed by atoms with Gasteiger partial charge in [-0.25, -0.2) is 19.5 Å². The van der Waals surface area contributed by atoms with Crippen molar-refractivity contribution in [1.29, 1.82) is 0 Å². The molecule has 0 aromatic carbocycles. The third-order valence-corrected chi connectivity index (χ3v) is 6.76. The number of fused-ring (bicyclic) bond motifs is 5. The number of aryl methyl sites for hydroxylation is 4. The van der Waals surface area contributed by atoms with E-state index in [1.54, 1.807) is 11.4 Å². The number of nitrogens with zero attached hydrogens (tertiary/aromatic N) is 7. The fraction of sp³-hybridized carbons (Fsp3) is 0.316. The van der Waals surface area contributed by atoms with Crippen LogP contribution in [0.15, 0.2) is 12.4 Å². The lowest BCUT2D eigenvalue weighted by Crippen LogP contribution is -2.07. The summed E-state index contributed by atoms with van der Waals surface area (Å²) in [7, 11) is 0. The molecule has 12 heteroatoms. The first-order valence-electron chi connectivity index (χ1n) is 9.34. The Kier molecular flexibility index (Phi) is 4.45. The second-order valence-corrected chi connectivity index (χ2v) is 8.66. The molecule has 0 saturated carbocycles. The Bertz CT molecular complexity index is 1480. The van der Waals surface area contributed by atoms with Crippen molar-refractivity contribution in [3.8, 4) is 0 Å². The molecule has 0 aliphatic heterocycles. The molecule has 0 aliphatic carbocycles. The number of pyridine rings is 1. The van der Waals surface area contributed by atoms with Crippen molar-refractivity contribution >= 4 is 49.0 Å². The minimum atomic E-state index is -4.51. The minimum Gasteiger partial charge on any atom is -0.268 e. The maximum Gasteiger partial charge on any atom is 0.433 e. The van der Waals surface area contributed by atoms with E-state index >= 15 is 0 Å². The van der Waals surface area contributed by atoms with Crippen molar-refractivity contribution in [2.75, 3.05) is 0 Å². The average molecular weight is 466 g/mol. The van der Waals surface area contributed by atoms with Crippen molar-refractivity contribution in [2.24, 2.45) is 0 Å². The molecule has 7 nitrogen and oxygen atoms in total. The van der Waals surface area contributed by atoms with Crippen LogP contribution in [0.2, 0.25) is 5.02 Å². The topological polar surface area (TPSA) is 73.8 Å². The van der Waals surface area contributed by atoms with Gasteiger partial charge in [0.2, 0.25) is 0 Å². The molecule has 5 heterocycles. The Morgan fingerprint density at radius 3 is 2.58 bits per heavy atom. The number of aromatic nitrogens is 7. The van der Waals surface area contributed by atoms with Crippen LogP contribution in [0.5, 0.6) is 0 Å². The summed E-state index contributed by atoms with van der Waals surface area (Å²) in [5.41, 5.74) is 2.32. The number of alkyl halides is 3. The predicted molar refractivity (Wildman–Crippen MR) is 112 cm³/mol. The predicted octanol–water partition coefficient (Wildman–Crippen LogP) is 4.92. The van der Waals surface area contributed by atoms with E-state index < -0.39 is 11.9 Å². The van der Waals surface area contributed by atoms with Crippen molar-refractivity contribution in [2.45, 2.75) is 39.9 Å². The molecule has 0 fully saturated rings. The van der Waals surface area contributed by atoms with Crippen LogP contribution < -0.4 is 0 Å². The Labute approximate surface area is 182 Å². The zero-order chi connectivity index (χ0) is 22.1. The van der Waals surface area contributed by atoms with Crippen molar-refractivity contribution in [3.05, 3.63) is 45.9 Å². The highest BCUT2D eigenvalue weighted by Crippen LogP contribution is 2.38. The molecule has 5 aromatic rings. The standard InChI is InChI=1S/C19H15ClF3N7S/c1-8-6-11(19(21,22)23)25-18-13(8)15-16(31-18)17-26-12(28-30(17)7-24-15)4-5-29-10(3)14(20)9(2)27-29/h6-7H,4-5H2,1-3H3. The number of halogens is 4. The summed E-state index contributed by atoms with van der Waals surface area (Å²) in [4.78, 5) is 13.1. The van der Waals surface area contributed by atoms with E-state index in [9.17, 15) is 13.2 Å². The first kappa shape index (κ1) is 20.1. The second kappa shape index (κ2) is 6.86. The Morgan fingerprint density at radius 1 is 1.13 bits per heavy atom. The summed E-state index contributed by atoms with van der Waals surface area (Å²) in [6, 6.07) is 1.05. The molecule has 5 aromatic heterocycles. The Morgan fingerprint density at radius 2 is 1.90 bits per heavy atom. The van der Waals surface area contributed by atoms with Crippen LogP contribution in [0.3, 0.4) is 0 Å². The summed E-state index contributed by atoms with van der Waals surface area (Å²) < 4.78 is 43.5. The molecule has 0 atom stereocenters. The van der Waals surface area contributed by atoms with Crippen LogP contribution in [0, 0.1) is 20.8 Å². The Hall–Kier alpha value is -2.79. The number of rotatable bonds is 3. The van der Waals surface area contributed by atoms with E-state index in [0.29, 0.717) is 50.6 Å². The van der Waals surface area contributed by atoms with E-state index in [4.69, 9.17) is 11.6 Å². The van der Waals surface area contributed by atoms with Gasteiger partial charge in [-0.3, -0.25) is 4.68 Å². The number of hydrogen-bond donors (Lipinski definition) is 0. The van der Waals surface area contributed by atoms with Crippen LogP contribution in [0.1, 0.15) is 28.5 Å². The van der Waals surface area contributed by atoms with Crippen molar-refractivity contribution in [3.63, 3.8) is 0 Å². The van der Waals surface area contributed by atoms with E-state index in [1.165, 1.54) is 6.33 Å². The highest BCUT2D eigenvalue weighted by molar-refractivity contribution is 7.26. The van der Waals surface area contributed by atoms with Crippen LogP contribution >= 0.6 is 22.9 Å². The number of hydrogen-bond acceptors (Lipinski definition) is 6. The van der Waals surface area contributed by atoms with Gasteiger partial charge in [-0.2, -0.15) is 18.3 Å². The third-order valence-electron chi connectivity index (χ3n) is 5.14. The first-order chi connectivity index (χ1) is 14.6. The summed E-state index contributed by atoms with van der Waals surface area (Å²) in [6.07, 6.45) is -2.47. The molecule has 0 radical (unpaired) electrons. The smallest absolute Gasteiger partial charge is 0.268 e. The summed E-state index contributed by atoms with van der Waals surface area (Å²) >= 11 is 7.34.